The van der Waals surface area contributed by atoms with Crippen molar-refractivity contribution in [3.63, 3.8) is 0 Å². The molecule has 0 aliphatic carbocycles. The highest BCUT2D eigenvalue weighted by Gasteiger charge is 2.18. The van der Waals surface area contributed by atoms with Gasteiger partial charge in [-0.25, -0.2) is 5.01 Å². The summed E-state index contributed by atoms with van der Waals surface area (Å²) in [6.07, 6.45) is 0. The second-order valence-corrected chi connectivity index (χ2v) is 5.88. The number of carbonyl (C=O) groups excluding carboxylic acids is 1. The maximum absolute atomic E-state index is 13.0. The maximum Gasteiger partial charge on any atom is 0.276 e. The van der Waals surface area contributed by atoms with E-state index in [1.54, 1.807) is 24.3 Å². The van der Waals surface area contributed by atoms with Gasteiger partial charge in [-0.1, -0.05) is 66.7 Å². The molecule has 0 fully saturated rings. The number of carbonyl (C=O) groups is 1. The van der Waals surface area contributed by atoms with Crippen LogP contribution in [0.3, 0.4) is 0 Å². The molecule has 3 aromatic carbocycles. The van der Waals surface area contributed by atoms with Gasteiger partial charge in [-0.2, -0.15) is 0 Å². The molecule has 124 valence electrons. The number of anilines is 1. The number of nitrogens with zero attached hydrogens (tertiary/aromatic N) is 1. The maximum atomic E-state index is 13.0. The number of amides is 1. The van der Waals surface area contributed by atoms with Crippen LogP contribution in [0.15, 0.2) is 91.5 Å². The van der Waals surface area contributed by atoms with E-state index in [0.717, 1.165) is 11.3 Å². The molecule has 0 radical (unpaired) electrons. The zero-order valence-electron chi connectivity index (χ0n) is 13.5. The highest BCUT2D eigenvalue weighted by atomic mass is 35.5. The van der Waals surface area contributed by atoms with Gasteiger partial charge in [-0.15, -0.1) is 0 Å². The van der Waals surface area contributed by atoms with Crippen LogP contribution in [-0.2, 0) is 0 Å². The molecular formula is C21H17ClN2O. The highest BCUT2D eigenvalue weighted by molar-refractivity contribution is 6.30. The van der Waals surface area contributed by atoms with E-state index in [0.29, 0.717) is 16.3 Å². The van der Waals surface area contributed by atoms with Crippen LogP contribution in [0.25, 0.3) is 5.70 Å². The average Bonchev–Trinajstić information content (AvgIpc) is 2.67. The van der Waals surface area contributed by atoms with Crippen LogP contribution in [0, 0.1) is 0 Å². The summed E-state index contributed by atoms with van der Waals surface area (Å²) in [5.41, 5.74) is 5.88. The van der Waals surface area contributed by atoms with Crippen molar-refractivity contribution in [3.8, 4) is 0 Å². The minimum Gasteiger partial charge on any atom is -0.291 e. The lowest BCUT2D eigenvalue weighted by Crippen LogP contribution is -2.41. The lowest BCUT2D eigenvalue weighted by Gasteiger charge is -2.26. The zero-order valence-corrected chi connectivity index (χ0v) is 14.3. The van der Waals surface area contributed by atoms with Gasteiger partial charge in [0.1, 0.15) is 0 Å². The first-order valence-corrected chi connectivity index (χ1v) is 8.19. The monoisotopic (exact) mass is 348 g/mol. The largest absolute Gasteiger partial charge is 0.291 e. The predicted octanol–water partition coefficient (Wildman–Crippen LogP) is 5.16. The Morgan fingerprint density at radius 2 is 1.36 bits per heavy atom. The van der Waals surface area contributed by atoms with Crippen molar-refractivity contribution in [1.82, 2.24) is 5.43 Å². The Morgan fingerprint density at radius 3 is 1.96 bits per heavy atom. The second kappa shape index (κ2) is 7.69. The minimum absolute atomic E-state index is 0.165. The number of hydrazine groups is 1. The van der Waals surface area contributed by atoms with E-state index >= 15 is 0 Å². The Labute approximate surface area is 152 Å². The number of rotatable bonds is 5. The van der Waals surface area contributed by atoms with Gasteiger partial charge < -0.3 is 0 Å². The van der Waals surface area contributed by atoms with E-state index in [1.807, 2.05) is 60.7 Å². The number of para-hydroxylation sites is 1. The third-order valence-electron chi connectivity index (χ3n) is 3.68. The van der Waals surface area contributed by atoms with Gasteiger partial charge in [0, 0.05) is 10.6 Å². The summed E-state index contributed by atoms with van der Waals surface area (Å²) in [7, 11) is 0. The van der Waals surface area contributed by atoms with Crippen molar-refractivity contribution in [2.45, 2.75) is 0 Å². The third-order valence-corrected chi connectivity index (χ3v) is 3.93. The molecule has 0 saturated heterocycles. The molecule has 0 aliphatic heterocycles. The zero-order chi connectivity index (χ0) is 17.6. The summed E-state index contributed by atoms with van der Waals surface area (Å²) in [4.78, 5) is 13.0. The fourth-order valence-corrected chi connectivity index (χ4v) is 2.50. The Bertz CT molecular complexity index is 861. The fourth-order valence-electron chi connectivity index (χ4n) is 2.37. The lowest BCUT2D eigenvalue weighted by molar-refractivity contribution is 0.0980. The standard InChI is InChI=1S/C21H17ClN2O/c1-16(17-12-14-19(22)15-13-17)23-24(20-10-6-3-7-11-20)21(25)18-8-4-2-5-9-18/h2-15,23H,1H2. The summed E-state index contributed by atoms with van der Waals surface area (Å²) < 4.78 is 0. The molecule has 25 heavy (non-hydrogen) atoms. The molecule has 3 rings (SSSR count). The van der Waals surface area contributed by atoms with Crippen LogP contribution < -0.4 is 10.4 Å². The molecule has 0 atom stereocenters. The summed E-state index contributed by atoms with van der Waals surface area (Å²) >= 11 is 5.93. The van der Waals surface area contributed by atoms with Gasteiger partial charge >= 0.3 is 0 Å². The van der Waals surface area contributed by atoms with E-state index in [2.05, 4.69) is 12.0 Å². The van der Waals surface area contributed by atoms with E-state index in [1.165, 1.54) is 5.01 Å². The quantitative estimate of drug-likeness (QED) is 0.646. The predicted molar refractivity (Wildman–Crippen MR) is 103 cm³/mol. The Kier molecular flexibility index (Phi) is 5.17. The Morgan fingerprint density at radius 1 is 0.800 bits per heavy atom. The molecule has 0 bridgehead atoms. The molecule has 0 aliphatic rings. The molecule has 0 saturated carbocycles. The van der Waals surface area contributed by atoms with Crippen molar-refractivity contribution >= 4 is 28.9 Å². The SMILES string of the molecule is C=C(NN(C(=O)c1ccccc1)c1ccccc1)c1ccc(Cl)cc1. The topological polar surface area (TPSA) is 32.3 Å². The van der Waals surface area contributed by atoms with Gasteiger partial charge in [-0.05, 0) is 42.0 Å². The lowest BCUT2D eigenvalue weighted by atomic mass is 10.1. The average molecular weight is 349 g/mol. The number of nitrogens with one attached hydrogen (secondary N) is 1. The number of hydrogen-bond acceptors (Lipinski definition) is 2. The first kappa shape index (κ1) is 16.8. The molecular weight excluding hydrogens is 332 g/mol. The van der Waals surface area contributed by atoms with Crippen LogP contribution in [-0.4, -0.2) is 5.91 Å². The van der Waals surface area contributed by atoms with Gasteiger partial charge in [0.15, 0.2) is 0 Å². The number of benzene rings is 3. The summed E-state index contributed by atoms with van der Waals surface area (Å²) in [5.74, 6) is -0.165. The van der Waals surface area contributed by atoms with Gasteiger partial charge in [0.2, 0.25) is 0 Å². The third kappa shape index (κ3) is 4.08. The van der Waals surface area contributed by atoms with Crippen LogP contribution in [0.4, 0.5) is 5.69 Å². The molecule has 0 aromatic heterocycles. The first-order chi connectivity index (χ1) is 12.1. The van der Waals surface area contributed by atoms with Crippen molar-refractivity contribution in [2.75, 3.05) is 5.01 Å². The summed E-state index contributed by atoms with van der Waals surface area (Å²) in [6.45, 7) is 4.05. The van der Waals surface area contributed by atoms with Gasteiger partial charge in [0.25, 0.3) is 5.91 Å². The van der Waals surface area contributed by atoms with Crippen LogP contribution in [0.1, 0.15) is 15.9 Å². The molecule has 0 heterocycles. The first-order valence-electron chi connectivity index (χ1n) is 7.81. The van der Waals surface area contributed by atoms with Crippen LogP contribution >= 0.6 is 11.6 Å². The smallest absolute Gasteiger partial charge is 0.276 e. The van der Waals surface area contributed by atoms with Gasteiger partial charge in [-0.3, -0.25) is 10.2 Å². The molecule has 0 spiro atoms. The van der Waals surface area contributed by atoms with Crippen molar-refractivity contribution in [3.05, 3.63) is 108 Å². The van der Waals surface area contributed by atoms with E-state index in [-0.39, 0.29) is 5.91 Å². The van der Waals surface area contributed by atoms with Crippen LogP contribution in [0.2, 0.25) is 5.02 Å². The normalized spacial score (nSPS) is 10.1. The highest BCUT2D eigenvalue weighted by Crippen LogP contribution is 2.19. The van der Waals surface area contributed by atoms with Crippen LogP contribution in [0.5, 0.6) is 0 Å². The number of halogens is 1. The minimum atomic E-state index is -0.165. The van der Waals surface area contributed by atoms with E-state index in [4.69, 9.17) is 11.6 Å². The Balaban J connectivity index is 1.90. The van der Waals surface area contributed by atoms with Gasteiger partial charge in [0.05, 0.1) is 11.4 Å². The van der Waals surface area contributed by atoms with Crippen molar-refractivity contribution in [2.24, 2.45) is 0 Å². The molecule has 1 N–H and O–H groups in total. The molecule has 3 aromatic rings. The fraction of sp³-hybridized carbons (Fsp3) is 0. The Hall–Kier alpha value is -3.04. The molecule has 0 unspecified atom stereocenters. The summed E-state index contributed by atoms with van der Waals surface area (Å²) in [5, 5.41) is 2.14. The molecule has 3 nitrogen and oxygen atoms in total. The summed E-state index contributed by atoms with van der Waals surface area (Å²) in [6, 6.07) is 25.8. The van der Waals surface area contributed by atoms with E-state index in [9.17, 15) is 4.79 Å². The van der Waals surface area contributed by atoms with Crippen molar-refractivity contribution in [1.29, 1.82) is 0 Å². The number of hydrogen-bond donors (Lipinski definition) is 1. The van der Waals surface area contributed by atoms with E-state index < -0.39 is 0 Å². The van der Waals surface area contributed by atoms with Crippen molar-refractivity contribution < 1.29 is 4.79 Å². The second-order valence-electron chi connectivity index (χ2n) is 5.44. The molecule has 4 heteroatoms. The molecule has 1 amide bonds.